The van der Waals surface area contributed by atoms with Crippen molar-refractivity contribution in [3.63, 3.8) is 0 Å². The van der Waals surface area contributed by atoms with Crippen LogP contribution in [0, 0.1) is 5.92 Å². The van der Waals surface area contributed by atoms with E-state index in [1.54, 1.807) is 0 Å². The number of carbonyl (C=O) groups excluding carboxylic acids is 4. The van der Waals surface area contributed by atoms with Crippen LogP contribution in [0.3, 0.4) is 0 Å². The van der Waals surface area contributed by atoms with Crippen molar-refractivity contribution in [2.75, 3.05) is 11.5 Å². The molecule has 4 N–H and O–H groups in total. The summed E-state index contributed by atoms with van der Waals surface area (Å²) >= 11 is 0.987. The first-order valence-electron chi connectivity index (χ1n) is 8.08. The summed E-state index contributed by atoms with van der Waals surface area (Å²) in [6.45, 7) is 0. The van der Waals surface area contributed by atoms with Crippen LogP contribution in [-0.2, 0) is 34.7 Å². The number of nitrogens with zero attached hydrogens (tertiary/aromatic N) is 3. The van der Waals surface area contributed by atoms with Crippen LogP contribution in [0.4, 0.5) is 5.13 Å². The summed E-state index contributed by atoms with van der Waals surface area (Å²) in [6, 6.07) is -1.38. The molecule has 0 saturated carbocycles. The van der Waals surface area contributed by atoms with E-state index >= 15 is 0 Å². The first-order chi connectivity index (χ1) is 13.7. The Labute approximate surface area is 196 Å². The van der Waals surface area contributed by atoms with E-state index in [0.29, 0.717) is 4.90 Å². The number of fused-ring (bicyclic) bond motifs is 3. The number of nitrogens with two attached hydrogens (primary N) is 1. The number of carboxylic acids is 1. The average Bonchev–Trinajstić information content (AvgIpc) is 3.21. The minimum atomic E-state index is -2.36. The quantitative estimate of drug-likeness (QED) is 0.0957. The van der Waals surface area contributed by atoms with Crippen LogP contribution in [0.1, 0.15) is 12.1 Å². The fraction of sp³-hybridized carbons (Fsp3) is 0.429. The average molecular weight is 465 g/mol. The molecule has 4 heterocycles. The number of carboxylic acid groups (broad SMARTS) is 1. The van der Waals surface area contributed by atoms with Gasteiger partial charge >= 0.3 is 35.5 Å². The van der Waals surface area contributed by atoms with Gasteiger partial charge in [-0.1, -0.05) is 5.16 Å². The number of amides is 2. The van der Waals surface area contributed by atoms with Crippen LogP contribution >= 0.6 is 11.3 Å². The molecule has 2 amide bonds. The van der Waals surface area contributed by atoms with Crippen molar-refractivity contribution in [3.8, 4) is 0 Å². The van der Waals surface area contributed by atoms with Crippen LogP contribution in [0.15, 0.2) is 10.5 Å². The first-order valence-corrected chi connectivity index (χ1v) is 10.3. The van der Waals surface area contributed by atoms with Gasteiger partial charge in [-0.3, -0.25) is 23.5 Å². The Morgan fingerprint density at radius 3 is 2.77 bits per heavy atom. The number of aromatic nitrogens is 1. The standard InChI is InChI=1S/C14H13N5O8S2.Na/c15-13-16-5(2-28-13)7(18-25)9(21)17-8-10(22)19-11(8)29(26)3-4-1-6(20)27-14(4,19)12(23)24;/h2,4,8,11,25H,1,3H2,(H2,15,16)(H,17,21)(H,23,24);/q;+1/p-1/b18-7-;/t4-,8+,11+,14+,29-;/m0./s1. The van der Waals surface area contributed by atoms with E-state index in [2.05, 4.69) is 15.5 Å². The predicted molar refractivity (Wildman–Crippen MR) is 92.4 cm³/mol. The van der Waals surface area contributed by atoms with Gasteiger partial charge in [0.05, 0.1) is 6.42 Å². The van der Waals surface area contributed by atoms with Crippen LogP contribution in [0.25, 0.3) is 0 Å². The Hall–Kier alpha value is -2.07. The molecule has 0 bridgehead atoms. The summed E-state index contributed by atoms with van der Waals surface area (Å²) in [5, 5.41) is 26.2. The first kappa shape index (κ1) is 22.6. The van der Waals surface area contributed by atoms with Crippen LogP contribution < -0.4 is 45.7 Å². The van der Waals surface area contributed by atoms with Crippen molar-refractivity contribution in [1.82, 2.24) is 15.2 Å². The molecule has 30 heavy (non-hydrogen) atoms. The van der Waals surface area contributed by atoms with E-state index in [0.717, 1.165) is 11.3 Å². The number of carbonyl (C=O) groups is 4. The predicted octanol–water partition coefficient (Wildman–Crippen LogP) is -6.67. The van der Waals surface area contributed by atoms with E-state index in [-0.39, 0.29) is 52.6 Å². The number of nitrogen functional groups attached to an aromatic ring is 1. The van der Waals surface area contributed by atoms with Gasteiger partial charge in [0.1, 0.15) is 23.1 Å². The normalized spacial score (nSPS) is 32.3. The second kappa shape index (κ2) is 7.88. The number of hydrogen-bond acceptors (Lipinski definition) is 12. The van der Waals surface area contributed by atoms with Gasteiger partial charge in [-0.15, -0.1) is 11.3 Å². The number of oxime groups is 1. The molecule has 0 unspecified atom stereocenters. The maximum atomic E-state index is 12.6. The molecule has 0 aromatic carbocycles. The van der Waals surface area contributed by atoms with Crippen LogP contribution in [-0.4, -0.2) is 71.7 Å². The minimum absolute atomic E-state index is 0. The molecule has 3 saturated heterocycles. The Bertz CT molecular complexity index is 1010. The molecule has 0 aliphatic carbocycles. The van der Waals surface area contributed by atoms with Crippen molar-refractivity contribution in [3.05, 3.63) is 11.1 Å². The summed E-state index contributed by atoms with van der Waals surface area (Å²) in [5.74, 6) is -5.84. The molecule has 4 rings (SSSR count). The van der Waals surface area contributed by atoms with Gasteiger partial charge in [-0.05, 0) is 0 Å². The van der Waals surface area contributed by atoms with Gasteiger partial charge in [-0.2, -0.15) is 0 Å². The van der Waals surface area contributed by atoms with Gasteiger partial charge < -0.3 is 30.9 Å². The molecule has 3 aliphatic rings. The van der Waals surface area contributed by atoms with Gasteiger partial charge in [0.15, 0.2) is 10.8 Å². The number of esters is 1. The topological polar surface area (TPSA) is 204 Å². The second-order valence-corrected chi connectivity index (χ2v) is 8.94. The summed E-state index contributed by atoms with van der Waals surface area (Å²) in [7, 11) is -1.79. The van der Waals surface area contributed by atoms with Crippen molar-refractivity contribution in [2.24, 2.45) is 11.1 Å². The molecule has 5 atom stereocenters. The van der Waals surface area contributed by atoms with Gasteiger partial charge in [0.2, 0.25) is 5.72 Å². The van der Waals surface area contributed by atoms with Crippen molar-refractivity contribution in [1.29, 1.82) is 0 Å². The van der Waals surface area contributed by atoms with Gasteiger partial charge in [0, 0.05) is 27.9 Å². The van der Waals surface area contributed by atoms with Crippen molar-refractivity contribution >= 4 is 56.7 Å². The molecule has 3 aliphatic heterocycles. The van der Waals surface area contributed by atoms with E-state index in [9.17, 15) is 28.5 Å². The molecule has 0 radical (unpaired) electrons. The minimum Gasteiger partial charge on any atom is -0.544 e. The second-order valence-electron chi connectivity index (χ2n) is 6.48. The monoisotopic (exact) mass is 465 g/mol. The maximum absolute atomic E-state index is 12.6. The molecule has 154 valence electrons. The molecule has 16 heteroatoms. The van der Waals surface area contributed by atoms with Crippen LogP contribution in [0.5, 0.6) is 0 Å². The van der Waals surface area contributed by atoms with Crippen molar-refractivity contribution in [2.45, 2.75) is 23.6 Å². The smallest absolute Gasteiger partial charge is 0.544 e. The Morgan fingerprint density at radius 1 is 1.50 bits per heavy atom. The number of rotatable bonds is 4. The summed E-state index contributed by atoms with van der Waals surface area (Å²) < 4.78 is 17.5. The van der Waals surface area contributed by atoms with E-state index < -0.39 is 63.3 Å². The number of thiazole rings is 1. The fourth-order valence-corrected chi connectivity index (χ4v) is 6.17. The number of hydrogen-bond donors (Lipinski definition) is 3. The maximum Gasteiger partial charge on any atom is 1.00 e. The Morgan fingerprint density at radius 2 is 2.20 bits per heavy atom. The molecular formula is C14H12N5NaO8S2. The zero-order valence-corrected chi connectivity index (χ0v) is 18.9. The Kier molecular flexibility index (Phi) is 5.94. The zero-order valence-electron chi connectivity index (χ0n) is 15.3. The van der Waals surface area contributed by atoms with Gasteiger partial charge in [0.25, 0.3) is 11.8 Å². The number of aliphatic carboxylic acids is 1. The third-order valence-electron chi connectivity index (χ3n) is 4.93. The van der Waals surface area contributed by atoms with E-state index in [1.807, 2.05) is 0 Å². The molecule has 13 nitrogen and oxygen atoms in total. The molecule has 1 aromatic rings. The SMILES string of the molecule is Nc1nc(/C(=N/O)C(=O)N[C@@H]2C(=O)N3[C@@H]2[S@@](=O)C[C@@H]2CC(=O)O[C@@]23C(=O)[O-])cs1.[Na+]. The zero-order chi connectivity index (χ0) is 21.1. The number of β-lactam (4-membered cyclic amide) rings is 1. The molecule has 1 aromatic heterocycles. The van der Waals surface area contributed by atoms with E-state index in [4.69, 9.17) is 15.7 Å². The summed E-state index contributed by atoms with van der Waals surface area (Å²) in [6.07, 6.45) is -0.320. The van der Waals surface area contributed by atoms with Gasteiger partial charge in [-0.25, -0.2) is 4.98 Å². The third kappa shape index (κ3) is 3.11. The molecule has 3 fully saturated rings. The van der Waals surface area contributed by atoms with Crippen LogP contribution in [0.2, 0.25) is 0 Å². The fourth-order valence-electron chi connectivity index (χ4n) is 3.70. The molecule has 0 spiro atoms. The molecular weight excluding hydrogens is 453 g/mol. The number of ether oxygens (including phenoxy) is 1. The number of nitrogens with one attached hydrogen (secondary N) is 1. The third-order valence-corrected chi connectivity index (χ3v) is 7.36. The number of anilines is 1. The van der Waals surface area contributed by atoms with Crippen molar-refractivity contribution < 1.29 is 68.0 Å². The largest absolute Gasteiger partial charge is 1.00 e. The summed E-state index contributed by atoms with van der Waals surface area (Å²) in [5.41, 5.74) is 2.54. The Balaban J connectivity index is 0.00000256. The summed E-state index contributed by atoms with van der Waals surface area (Å²) in [4.78, 5) is 53.0. The van der Waals surface area contributed by atoms with E-state index in [1.165, 1.54) is 5.38 Å².